The van der Waals surface area contributed by atoms with Crippen molar-refractivity contribution < 1.29 is 8.42 Å². The lowest BCUT2D eigenvalue weighted by Crippen LogP contribution is -2.41. The molecule has 0 aromatic carbocycles. The summed E-state index contributed by atoms with van der Waals surface area (Å²) in [6, 6.07) is 3.18. The third-order valence-corrected chi connectivity index (χ3v) is 5.70. The summed E-state index contributed by atoms with van der Waals surface area (Å²) in [6.45, 7) is 8.23. The lowest BCUT2D eigenvalue weighted by atomic mass is 9.83. The fraction of sp³-hybridized carbons (Fsp3) is 0.643. The van der Waals surface area contributed by atoms with Gasteiger partial charge in [0.15, 0.2) is 0 Å². The van der Waals surface area contributed by atoms with E-state index in [-0.39, 0.29) is 5.41 Å². The van der Waals surface area contributed by atoms with Gasteiger partial charge in [-0.3, -0.25) is 0 Å². The molecule has 0 saturated carbocycles. The summed E-state index contributed by atoms with van der Waals surface area (Å²) >= 11 is 0. The van der Waals surface area contributed by atoms with Crippen LogP contribution in [0.15, 0.2) is 23.2 Å². The lowest BCUT2D eigenvalue weighted by molar-refractivity contribution is 0.196. The van der Waals surface area contributed by atoms with Crippen LogP contribution in [0.5, 0.6) is 0 Å². The second-order valence-electron chi connectivity index (χ2n) is 5.98. The number of rotatable bonds is 4. The van der Waals surface area contributed by atoms with E-state index >= 15 is 0 Å². The first kappa shape index (κ1) is 15.3. The van der Waals surface area contributed by atoms with Crippen LogP contribution in [0.3, 0.4) is 0 Å². The van der Waals surface area contributed by atoms with Crippen LogP contribution in [0.25, 0.3) is 0 Å². The van der Waals surface area contributed by atoms with Crippen molar-refractivity contribution in [3.63, 3.8) is 0 Å². The first-order valence-corrected chi connectivity index (χ1v) is 8.49. The zero-order chi connectivity index (χ0) is 14.8. The number of pyridine rings is 1. The molecule has 0 aliphatic carbocycles. The predicted octanol–water partition coefficient (Wildman–Crippen LogP) is 2.32. The van der Waals surface area contributed by atoms with Crippen molar-refractivity contribution in [1.82, 2.24) is 9.29 Å². The lowest BCUT2D eigenvalue weighted by Gasteiger charge is -2.36. The van der Waals surface area contributed by atoms with E-state index in [0.29, 0.717) is 30.3 Å². The fourth-order valence-corrected chi connectivity index (χ4v) is 3.79. The van der Waals surface area contributed by atoms with E-state index in [0.717, 1.165) is 12.8 Å². The van der Waals surface area contributed by atoms with E-state index in [1.807, 2.05) is 6.92 Å². The zero-order valence-electron chi connectivity index (χ0n) is 12.4. The molecule has 2 rings (SSSR count). The molecule has 1 aliphatic rings. The van der Waals surface area contributed by atoms with Gasteiger partial charge in [-0.2, -0.15) is 4.31 Å². The molecule has 1 aromatic rings. The highest BCUT2D eigenvalue weighted by molar-refractivity contribution is 7.89. The molecule has 1 N–H and O–H groups in total. The SMILES string of the molecule is CCNc1cc(S(=O)(=O)N2CCC(C)(C)CC2)ccn1. The maximum atomic E-state index is 12.6. The summed E-state index contributed by atoms with van der Waals surface area (Å²) in [5.74, 6) is 0.603. The first-order chi connectivity index (χ1) is 9.35. The van der Waals surface area contributed by atoms with Crippen molar-refractivity contribution in [2.75, 3.05) is 25.0 Å². The quantitative estimate of drug-likeness (QED) is 0.926. The number of anilines is 1. The van der Waals surface area contributed by atoms with Crippen LogP contribution in [-0.4, -0.2) is 37.3 Å². The van der Waals surface area contributed by atoms with Gasteiger partial charge in [-0.1, -0.05) is 13.8 Å². The maximum absolute atomic E-state index is 12.6. The van der Waals surface area contributed by atoms with Crippen LogP contribution in [0.2, 0.25) is 0 Å². The Morgan fingerprint density at radius 2 is 2.00 bits per heavy atom. The fourth-order valence-electron chi connectivity index (χ4n) is 2.33. The number of piperidine rings is 1. The Morgan fingerprint density at radius 3 is 2.60 bits per heavy atom. The number of sulfonamides is 1. The minimum Gasteiger partial charge on any atom is -0.370 e. The molecule has 20 heavy (non-hydrogen) atoms. The molecular formula is C14H23N3O2S. The molecule has 0 radical (unpaired) electrons. The molecule has 0 amide bonds. The van der Waals surface area contributed by atoms with E-state index in [1.54, 1.807) is 22.6 Å². The zero-order valence-corrected chi connectivity index (χ0v) is 13.2. The Kier molecular flexibility index (Phi) is 4.34. The smallest absolute Gasteiger partial charge is 0.243 e. The van der Waals surface area contributed by atoms with Gasteiger partial charge in [-0.15, -0.1) is 0 Å². The molecule has 1 aromatic heterocycles. The van der Waals surface area contributed by atoms with Crippen molar-refractivity contribution in [2.24, 2.45) is 5.41 Å². The molecule has 1 aliphatic heterocycles. The second-order valence-corrected chi connectivity index (χ2v) is 7.91. The summed E-state index contributed by atoms with van der Waals surface area (Å²) in [7, 11) is -3.40. The van der Waals surface area contributed by atoms with Crippen LogP contribution < -0.4 is 5.32 Å². The summed E-state index contributed by atoms with van der Waals surface area (Å²) < 4.78 is 26.8. The molecule has 2 heterocycles. The third-order valence-electron chi connectivity index (χ3n) is 3.80. The van der Waals surface area contributed by atoms with Gasteiger partial charge in [0.2, 0.25) is 10.0 Å². The van der Waals surface area contributed by atoms with Crippen molar-refractivity contribution in [3.05, 3.63) is 18.3 Å². The number of hydrogen-bond acceptors (Lipinski definition) is 4. The molecule has 6 heteroatoms. The highest BCUT2D eigenvalue weighted by atomic mass is 32.2. The Hall–Kier alpha value is -1.14. The minimum atomic E-state index is -3.40. The van der Waals surface area contributed by atoms with Crippen LogP contribution >= 0.6 is 0 Å². The Labute approximate surface area is 121 Å². The van der Waals surface area contributed by atoms with E-state index in [1.165, 1.54) is 0 Å². The number of nitrogens with one attached hydrogen (secondary N) is 1. The van der Waals surface area contributed by atoms with Gasteiger partial charge >= 0.3 is 0 Å². The molecule has 0 unspecified atom stereocenters. The summed E-state index contributed by atoms with van der Waals surface area (Å²) in [6.07, 6.45) is 3.34. The van der Waals surface area contributed by atoms with Gasteiger partial charge in [0.25, 0.3) is 0 Å². The first-order valence-electron chi connectivity index (χ1n) is 7.05. The van der Waals surface area contributed by atoms with Gasteiger partial charge in [0.05, 0.1) is 4.90 Å². The standard InChI is InChI=1S/C14H23N3O2S/c1-4-15-13-11-12(5-8-16-13)20(18,19)17-9-6-14(2,3)7-10-17/h5,8,11H,4,6-7,9-10H2,1-3H3,(H,15,16). The average molecular weight is 297 g/mol. The topological polar surface area (TPSA) is 62.3 Å². The molecule has 112 valence electrons. The normalized spacial score (nSPS) is 19.8. The van der Waals surface area contributed by atoms with Crippen LogP contribution in [-0.2, 0) is 10.0 Å². The van der Waals surface area contributed by atoms with Crippen molar-refractivity contribution >= 4 is 15.8 Å². The van der Waals surface area contributed by atoms with Crippen LogP contribution in [0.1, 0.15) is 33.6 Å². The van der Waals surface area contributed by atoms with Gasteiger partial charge in [0, 0.05) is 31.9 Å². The number of nitrogens with zero attached hydrogens (tertiary/aromatic N) is 2. The van der Waals surface area contributed by atoms with Crippen molar-refractivity contribution in [1.29, 1.82) is 0 Å². The summed E-state index contributed by atoms with van der Waals surface area (Å²) in [5, 5.41) is 3.04. The molecule has 1 saturated heterocycles. The second kappa shape index (κ2) is 5.69. The monoisotopic (exact) mass is 297 g/mol. The molecular weight excluding hydrogens is 274 g/mol. The van der Waals surface area contributed by atoms with Gasteiger partial charge < -0.3 is 5.32 Å². The highest BCUT2D eigenvalue weighted by Gasteiger charge is 2.32. The summed E-state index contributed by atoms with van der Waals surface area (Å²) in [4.78, 5) is 4.44. The molecule has 1 fully saturated rings. The largest absolute Gasteiger partial charge is 0.370 e. The highest BCUT2D eigenvalue weighted by Crippen LogP contribution is 2.32. The van der Waals surface area contributed by atoms with Crippen molar-refractivity contribution in [2.45, 2.75) is 38.5 Å². The van der Waals surface area contributed by atoms with Gasteiger partial charge in [-0.25, -0.2) is 13.4 Å². The minimum absolute atomic E-state index is 0.235. The van der Waals surface area contributed by atoms with Crippen LogP contribution in [0.4, 0.5) is 5.82 Å². The van der Waals surface area contributed by atoms with Gasteiger partial charge in [-0.05, 0) is 31.2 Å². The number of hydrogen-bond donors (Lipinski definition) is 1. The molecule has 0 bridgehead atoms. The van der Waals surface area contributed by atoms with Crippen LogP contribution in [0, 0.1) is 5.41 Å². The average Bonchev–Trinajstić information content (AvgIpc) is 2.39. The van der Waals surface area contributed by atoms with Gasteiger partial charge in [0.1, 0.15) is 5.82 Å². The molecule has 0 atom stereocenters. The van der Waals surface area contributed by atoms with E-state index < -0.39 is 10.0 Å². The molecule has 5 nitrogen and oxygen atoms in total. The maximum Gasteiger partial charge on any atom is 0.243 e. The molecule has 0 spiro atoms. The Bertz CT molecular complexity index is 560. The van der Waals surface area contributed by atoms with E-state index in [4.69, 9.17) is 0 Å². The number of aromatic nitrogens is 1. The Morgan fingerprint density at radius 1 is 1.35 bits per heavy atom. The van der Waals surface area contributed by atoms with E-state index in [2.05, 4.69) is 24.1 Å². The Balaban J connectivity index is 2.20. The summed E-state index contributed by atoms with van der Waals surface area (Å²) in [5.41, 5.74) is 0.235. The van der Waals surface area contributed by atoms with E-state index in [9.17, 15) is 8.42 Å². The third kappa shape index (κ3) is 3.30. The van der Waals surface area contributed by atoms with Crippen molar-refractivity contribution in [3.8, 4) is 0 Å². The predicted molar refractivity (Wildman–Crippen MR) is 80.2 cm³/mol.